The lowest BCUT2D eigenvalue weighted by atomic mass is 10.2. The van der Waals surface area contributed by atoms with Crippen LogP contribution in [0.3, 0.4) is 0 Å². The standard InChI is InChI=1S/C15H11N7O/c23-14(11-2-3-13-16-6-7-21(13)9-11)20-12-8-19-22(10-12)15-17-4-1-5-18-15/h1-10H,(H,20,23). The van der Waals surface area contributed by atoms with Gasteiger partial charge in [0, 0.05) is 31.0 Å². The monoisotopic (exact) mass is 305 g/mol. The first-order valence-corrected chi connectivity index (χ1v) is 6.86. The number of hydrogen-bond donors (Lipinski definition) is 1. The van der Waals surface area contributed by atoms with Crippen molar-refractivity contribution in [2.75, 3.05) is 5.32 Å². The highest BCUT2D eigenvalue weighted by molar-refractivity contribution is 6.04. The summed E-state index contributed by atoms with van der Waals surface area (Å²) in [5.74, 6) is 0.210. The summed E-state index contributed by atoms with van der Waals surface area (Å²) in [6.45, 7) is 0. The fraction of sp³-hybridized carbons (Fsp3) is 0. The molecule has 4 aromatic heterocycles. The maximum Gasteiger partial charge on any atom is 0.257 e. The largest absolute Gasteiger partial charge is 0.319 e. The smallest absolute Gasteiger partial charge is 0.257 e. The summed E-state index contributed by atoms with van der Waals surface area (Å²) < 4.78 is 3.28. The molecule has 1 amide bonds. The number of fused-ring (bicyclic) bond motifs is 1. The molecule has 0 fully saturated rings. The lowest BCUT2D eigenvalue weighted by molar-refractivity contribution is 0.102. The van der Waals surface area contributed by atoms with Crippen molar-refractivity contribution in [2.45, 2.75) is 0 Å². The van der Waals surface area contributed by atoms with E-state index in [0.717, 1.165) is 5.65 Å². The number of carbonyl (C=O) groups is 1. The predicted octanol–water partition coefficient (Wildman–Crippen LogP) is 1.56. The number of hydrogen-bond acceptors (Lipinski definition) is 5. The number of amides is 1. The molecule has 4 aromatic rings. The zero-order chi connectivity index (χ0) is 15.6. The Morgan fingerprint density at radius 1 is 1.04 bits per heavy atom. The summed E-state index contributed by atoms with van der Waals surface area (Å²) >= 11 is 0. The molecule has 4 rings (SSSR count). The SMILES string of the molecule is O=C(Nc1cnn(-c2ncccn2)c1)c1ccc2nccn2c1. The Hall–Kier alpha value is -3.55. The van der Waals surface area contributed by atoms with Gasteiger partial charge in [0.2, 0.25) is 5.95 Å². The zero-order valence-corrected chi connectivity index (χ0v) is 11.9. The number of nitrogens with one attached hydrogen (secondary N) is 1. The van der Waals surface area contributed by atoms with E-state index in [1.807, 2.05) is 0 Å². The van der Waals surface area contributed by atoms with Gasteiger partial charge in [-0.3, -0.25) is 4.79 Å². The van der Waals surface area contributed by atoms with Crippen LogP contribution in [0.2, 0.25) is 0 Å². The average molecular weight is 305 g/mol. The summed E-state index contributed by atoms with van der Waals surface area (Å²) in [6.07, 6.45) is 11.7. The van der Waals surface area contributed by atoms with Gasteiger partial charge in [0.05, 0.1) is 23.6 Å². The molecular formula is C15H11N7O. The molecule has 4 heterocycles. The van der Waals surface area contributed by atoms with Gasteiger partial charge in [-0.15, -0.1) is 0 Å². The Morgan fingerprint density at radius 3 is 2.78 bits per heavy atom. The van der Waals surface area contributed by atoms with E-state index in [4.69, 9.17) is 0 Å². The van der Waals surface area contributed by atoms with Gasteiger partial charge >= 0.3 is 0 Å². The summed E-state index contributed by atoms with van der Waals surface area (Å²) in [5, 5.41) is 6.93. The van der Waals surface area contributed by atoms with E-state index in [-0.39, 0.29) is 5.91 Å². The van der Waals surface area contributed by atoms with Gasteiger partial charge in [0.15, 0.2) is 0 Å². The van der Waals surface area contributed by atoms with Crippen LogP contribution in [0.15, 0.2) is 61.6 Å². The van der Waals surface area contributed by atoms with Crippen LogP contribution in [0.25, 0.3) is 11.6 Å². The molecule has 0 saturated carbocycles. The number of aromatic nitrogens is 6. The molecule has 0 aliphatic carbocycles. The predicted molar refractivity (Wildman–Crippen MR) is 82.3 cm³/mol. The summed E-state index contributed by atoms with van der Waals surface area (Å²) in [4.78, 5) is 24.6. The number of anilines is 1. The van der Waals surface area contributed by atoms with Crippen molar-refractivity contribution in [3.63, 3.8) is 0 Å². The van der Waals surface area contributed by atoms with Gasteiger partial charge in [-0.1, -0.05) is 0 Å². The first-order valence-electron chi connectivity index (χ1n) is 6.86. The molecular weight excluding hydrogens is 294 g/mol. The second-order valence-corrected chi connectivity index (χ2v) is 4.79. The first-order chi connectivity index (χ1) is 11.3. The Balaban J connectivity index is 1.55. The zero-order valence-electron chi connectivity index (χ0n) is 11.9. The highest BCUT2D eigenvalue weighted by Crippen LogP contribution is 2.11. The molecule has 8 heteroatoms. The van der Waals surface area contributed by atoms with Crippen molar-refractivity contribution in [3.8, 4) is 5.95 Å². The normalized spacial score (nSPS) is 10.8. The minimum atomic E-state index is -0.228. The first kappa shape index (κ1) is 13.1. The van der Waals surface area contributed by atoms with Crippen LogP contribution >= 0.6 is 0 Å². The topological polar surface area (TPSA) is 90.0 Å². The van der Waals surface area contributed by atoms with E-state index < -0.39 is 0 Å². The number of imidazole rings is 1. The van der Waals surface area contributed by atoms with Crippen LogP contribution in [0.5, 0.6) is 0 Å². The highest BCUT2D eigenvalue weighted by atomic mass is 16.1. The van der Waals surface area contributed by atoms with Crippen LogP contribution in [0.1, 0.15) is 10.4 Å². The van der Waals surface area contributed by atoms with Crippen LogP contribution in [0, 0.1) is 0 Å². The van der Waals surface area contributed by atoms with Crippen LogP contribution in [-0.4, -0.2) is 35.0 Å². The second kappa shape index (κ2) is 5.34. The van der Waals surface area contributed by atoms with Gasteiger partial charge in [-0.2, -0.15) is 5.10 Å². The Morgan fingerprint density at radius 2 is 1.91 bits per heavy atom. The van der Waals surface area contributed by atoms with Gasteiger partial charge in [0.25, 0.3) is 5.91 Å². The molecule has 1 N–H and O–H groups in total. The van der Waals surface area contributed by atoms with E-state index in [0.29, 0.717) is 17.2 Å². The maximum absolute atomic E-state index is 12.3. The van der Waals surface area contributed by atoms with Gasteiger partial charge in [-0.25, -0.2) is 19.6 Å². The third-order valence-electron chi connectivity index (χ3n) is 3.25. The van der Waals surface area contributed by atoms with Crippen LogP contribution in [0.4, 0.5) is 5.69 Å². The number of nitrogens with zero attached hydrogens (tertiary/aromatic N) is 6. The van der Waals surface area contributed by atoms with Crippen molar-refractivity contribution in [1.29, 1.82) is 0 Å². The molecule has 0 aromatic carbocycles. The summed E-state index contributed by atoms with van der Waals surface area (Å²) in [7, 11) is 0. The molecule has 112 valence electrons. The van der Waals surface area contributed by atoms with E-state index in [1.165, 1.54) is 4.68 Å². The molecule has 0 unspecified atom stereocenters. The number of pyridine rings is 1. The molecule has 23 heavy (non-hydrogen) atoms. The molecule has 0 saturated heterocycles. The Labute approximate surface area is 130 Å². The van der Waals surface area contributed by atoms with E-state index >= 15 is 0 Å². The van der Waals surface area contributed by atoms with Crippen LogP contribution in [-0.2, 0) is 0 Å². The lowest BCUT2D eigenvalue weighted by Gasteiger charge is -2.03. The molecule has 0 spiro atoms. The number of rotatable bonds is 3. The third kappa shape index (κ3) is 2.53. The minimum Gasteiger partial charge on any atom is -0.319 e. The minimum absolute atomic E-state index is 0.228. The molecule has 0 aliphatic heterocycles. The lowest BCUT2D eigenvalue weighted by Crippen LogP contribution is -2.12. The summed E-state index contributed by atoms with van der Waals surface area (Å²) in [6, 6.07) is 5.24. The Kier molecular flexibility index (Phi) is 3.05. The van der Waals surface area contributed by atoms with Crippen molar-refractivity contribution in [3.05, 3.63) is 67.1 Å². The van der Waals surface area contributed by atoms with E-state index in [2.05, 4.69) is 25.4 Å². The van der Waals surface area contributed by atoms with Crippen molar-refractivity contribution in [1.82, 2.24) is 29.1 Å². The van der Waals surface area contributed by atoms with E-state index in [1.54, 1.807) is 66.0 Å². The molecule has 0 aliphatic rings. The van der Waals surface area contributed by atoms with Gasteiger partial charge < -0.3 is 9.72 Å². The van der Waals surface area contributed by atoms with Crippen molar-refractivity contribution < 1.29 is 4.79 Å². The Bertz CT molecular complexity index is 974. The fourth-order valence-corrected chi connectivity index (χ4v) is 2.16. The fourth-order valence-electron chi connectivity index (χ4n) is 2.16. The van der Waals surface area contributed by atoms with E-state index in [9.17, 15) is 4.79 Å². The van der Waals surface area contributed by atoms with Crippen molar-refractivity contribution >= 4 is 17.2 Å². The third-order valence-corrected chi connectivity index (χ3v) is 3.25. The molecule has 8 nitrogen and oxygen atoms in total. The summed E-state index contributed by atoms with van der Waals surface area (Å²) in [5.41, 5.74) is 1.88. The molecule has 0 atom stereocenters. The van der Waals surface area contributed by atoms with Gasteiger partial charge in [0.1, 0.15) is 5.65 Å². The number of carbonyl (C=O) groups excluding carboxylic acids is 1. The second-order valence-electron chi connectivity index (χ2n) is 4.79. The van der Waals surface area contributed by atoms with Gasteiger partial charge in [-0.05, 0) is 18.2 Å². The maximum atomic E-state index is 12.3. The highest BCUT2D eigenvalue weighted by Gasteiger charge is 2.09. The molecule has 0 bridgehead atoms. The van der Waals surface area contributed by atoms with Crippen molar-refractivity contribution in [2.24, 2.45) is 0 Å². The average Bonchev–Trinajstić information content (AvgIpc) is 3.24. The molecule has 0 radical (unpaired) electrons. The van der Waals surface area contributed by atoms with Crippen LogP contribution < -0.4 is 5.32 Å². The quantitative estimate of drug-likeness (QED) is 0.620.